The van der Waals surface area contributed by atoms with E-state index in [2.05, 4.69) is 4.72 Å². The van der Waals surface area contributed by atoms with Crippen molar-refractivity contribution in [2.45, 2.75) is 42.7 Å². The average Bonchev–Trinajstić information content (AvgIpc) is 2.62. The molecule has 0 unspecified atom stereocenters. The number of thiophene rings is 1. The summed E-state index contributed by atoms with van der Waals surface area (Å²) in [6.45, 7) is 0. The maximum absolute atomic E-state index is 12.1. The average molecular weight is 330 g/mol. The van der Waals surface area contributed by atoms with Crippen LogP contribution in [0.4, 0.5) is 0 Å². The van der Waals surface area contributed by atoms with Crippen molar-refractivity contribution in [2.75, 3.05) is 0 Å². The minimum absolute atomic E-state index is 0.0327. The van der Waals surface area contributed by atoms with Crippen LogP contribution in [0, 0.1) is 0 Å². The summed E-state index contributed by atoms with van der Waals surface area (Å²) in [5.74, 6) is 0. The summed E-state index contributed by atoms with van der Waals surface area (Å²) in [5.41, 5.74) is 0. The smallest absolute Gasteiger partial charge is 0.243 e. The van der Waals surface area contributed by atoms with Crippen LogP contribution in [0.25, 0.3) is 0 Å². The summed E-state index contributed by atoms with van der Waals surface area (Å²) >= 11 is 12.6. The number of hydrogen-bond acceptors (Lipinski definition) is 4. The number of aliphatic hydroxyl groups excluding tert-OH is 1. The van der Waals surface area contributed by atoms with Crippen molar-refractivity contribution in [1.82, 2.24) is 4.72 Å². The van der Waals surface area contributed by atoms with Crippen molar-refractivity contribution in [3.8, 4) is 0 Å². The lowest BCUT2D eigenvalue weighted by atomic mass is 9.94. The number of halogens is 2. The Morgan fingerprint density at radius 1 is 1.28 bits per heavy atom. The molecule has 0 amide bonds. The minimum Gasteiger partial charge on any atom is -0.393 e. The van der Waals surface area contributed by atoms with Crippen molar-refractivity contribution < 1.29 is 13.5 Å². The molecule has 1 heterocycles. The van der Waals surface area contributed by atoms with Crippen LogP contribution in [0.15, 0.2) is 11.0 Å². The fourth-order valence-corrected chi connectivity index (χ4v) is 5.44. The fourth-order valence-electron chi connectivity index (χ4n) is 1.98. The molecule has 1 aliphatic carbocycles. The summed E-state index contributed by atoms with van der Waals surface area (Å²) < 4.78 is 27.3. The number of aliphatic hydroxyl groups is 1. The van der Waals surface area contributed by atoms with Gasteiger partial charge >= 0.3 is 0 Å². The molecule has 0 aromatic carbocycles. The third kappa shape index (κ3) is 3.37. The second kappa shape index (κ2) is 5.64. The second-order valence-electron chi connectivity index (χ2n) is 4.32. The SMILES string of the molecule is O=S(=O)(NC1CCC(O)CC1)c1cc(Cl)sc1Cl. The van der Waals surface area contributed by atoms with Crippen LogP contribution in [0.1, 0.15) is 25.7 Å². The predicted molar refractivity (Wildman–Crippen MR) is 72.9 cm³/mol. The van der Waals surface area contributed by atoms with Crippen LogP contribution in [0.3, 0.4) is 0 Å². The minimum atomic E-state index is -3.62. The van der Waals surface area contributed by atoms with Crippen molar-refractivity contribution in [3.05, 3.63) is 14.7 Å². The van der Waals surface area contributed by atoms with Gasteiger partial charge in [0, 0.05) is 6.04 Å². The van der Waals surface area contributed by atoms with Crippen molar-refractivity contribution in [3.63, 3.8) is 0 Å². The van der Waals surface area contributed by atoms with Gasteiger partial charge in [0.05, 0.1) is 10.4 Å². The van der Waals surface area contributed by atoms with E-state index in [0.717, 1.165) is 11.3 Å². The zero-order valence-electron chi connectivity index (χ0n) is 9.40. The van der Waals surface area contributed by atoms with E-state index in [1.54, 1.807) is 0 Å². The van der Waals surface area contributed by atoms with Gasteiger partial charge in [-0.2, -0.15) is 0 Å². The van der Waals surface area contributed by atoms with E-state index < -0.39 is 10.0 Å². The molecular weight excluding hydrogens is 317 g/mol. The van der Waals surface area contributed by atoms with Crippen LogP contribution < -0.4 is 4.72 Å². The van der Waals surface area contributed by atoms with Gasteiger partial charge < -0.3 is 5.11 Å². The number of hydrogen-bond donors (Lipinski definition) is 2. The van der Waals surface area contributed by atoms with Crippen molar-refractivity contribution in [2.24, 2.45) is 0 Å². The van der Waals surface area contributed by atoms with Crippen molar-refractivity contribution >= 4 is 44.6 Å². The molecule has 8 heteroatoms. The lowest BCUT2D eigenvalue weighted by molar-refractivity contribution is 0.120. The molecule has 0 spiro atoms. The van der Waals surface area contributed by atoms with E-state index in [1.165, 1.54) is 6.07 Å². The van der Waals surface area contributed by atoms with Crippen LogP contribution >= 0.6 is 34.5 Å². The highest BCUT2D eigenvalue weighted by atomic mass is 35.5. The first kappa shape index (κ1) is 14.6. The summed E-state index contributed by atoms with van der Waals surface area (Å²) in [5, 5.41) is 9.38. The summed E-state index contributed by atoms with van der Waals surface area (Å²) in [7, 11) is -3.62. The predicted octanol–water partition coefficient (Wildman–Crippen LogP) is 2.64. The van der Waals surface area contributed by atoms with Crippen LogP contribution in [0.2, 0.25) is 8.67 Å². The molecule has 0 bridgehead atoms. The highest BCUT2D eigenvalue weighted by Crippen LogP contribution is 2.34. The Labute approximate surface area is 120 Å². The Balaban J connectivity index is 2.10. The van der Waals surface area contributed by atoms with E-state index in [-0.39, 0.29) is 21.4 Å². The highest BCUT2D eigenvalue weighted by molar-refractivity contribution is 7.89. The second-order valence-corrected chi connectivity index (χ2v) is 8.28. The highest BCUT2D eigenvalue weighted by Gasteiger charge is 2.27. The molecule has 1 aliphatic rings. The molecule has 1 fully saturated rings. The summed E-state index contributed by atoms with van der Waals surface area (Å²) in [4.78, 5) is 0.0327. The van der Waals surface area contributed by atoms with Gasteiger partial charge in [-0.1, -0.05) is 23.2 Å². The number of nitrogens with one attached hydrogen (secondary N) is 1. The Morgan fingerprint density at radius 3 is 2.39 bits per heavy atom. The standard InChI is InChI=1S/C10H13Cl2NO3S2/c11-9-5-8(10(12)17-9)18(15,16)13-6-1-3-7(14)4-2-6/h5-7,13-14H,1-4H2. The summed E-state index contributed by atoms with van der Waals surface area (Å²) in [6, 6.07) is 1.21. The van der Waals surface area contributed by atoms with Gasteiger partial charge in [0.15, 0.2) is 0 Å². The van der Waals surface area contributed by atoms with E-state index >= 15 is 0 Å². The van der Waals surface area contributed by atoms with Crippen molar-refractivity contribution in [1.29, 1.82) is 0 Å². The van der Waals surface area contributed by atoms with Gasteiger partial charge in [-0.15, -0.1) is 11.3 Å². The van der Waals surface area contributed by atoms with Gasteiger partial charge in [0.1, 0.15) is 9.23 Å². The molecule has 0 radical (unpaired) electrons. The Hall–Kier alpha value is 0.150. The van der Waals surface area contributed by atoms with Crippen LogP contribution in [0.5, 0.6) is 0 Å². The third-order valence-corrected chi connectivity index (χ3v) is 6.21. The lowest BCUT2D eigenvalue weighted by Crippen LogP contribution is -2.38. The molecule has 0 aliphatic heterocycles. The lowest BCUT2D eigenvalue weighted by Gasteiger charge is -2.25. The monoisotopic (exact) mass is 329 g/mol. The normalized spacial score (nSPS) is 25.3. The zero-order valence-corrected chi connectivity index (χ0v) is 12.5. The van der Waals surface area contributed by atoms with E-state index in [9.17, 15) is 13.5 Å². The molecule has 1 aromatic heterocycles. The van der Waals surface area contributed by atoms with Crippen LogP contribution in [-0.2, 0) is 10.0 Å². The molecule has 1 aromatic rings. The largest absolute Gasteiger partial charge is 0.393 e. The van der Waals surface area contributed by atoms with Crippen LogP contribution in [-0.4, -0.2) is 25.7 Å². The molecular formula is C10H13Cl2NO3S2. The molecule has 4 nitrogen and oxygen atoms in total. The molecule has 2 N–H and O–H groups in total. The maximum atomic E-state index is 12.1. The first-order chi connectivity index (χ1) is 8.38. The van der Waals surface area contributed by atoms with E-state index in [4.69, 9.17) is 23.2 Å². The van der Waals surface area contributed by atoms with Gasteiger partial charge in [-0.25, -0.2) is 13.1 Å². The van der Waals surface area contributed by atoms with Gasteiger partial charge in [0.2, 0.25) is 10.0 Å². The van der Waals surface area contributed by atoms with Gasteiger partial charge in [0.25, 0.3) is 0 Å². The van der Waals surface area contributed by atoms with E-state index in [0.29, 0.717) is 30.0 Å². The molecule has 0 atom stereocenters. The molecule has 102 valence electrons. The van der Waals surface area contributed by atoms with E-state index in [1.807, 2.05) is 0 Å². The molecule has 1 saturated carbocycles. The number of rotatable bonds is 3. The fraction of sp³-hybridized carbons (Fsp3) is 0.600. The summed E-state index contributed by atoms with van der Waals surface area (Å²) in [6.07, 6.45) is 2.19. The number of sulfonamides is 1. The maximum Gasteiger partial charge on any atom is 0.243 e. The van der Waals surface area contributed by atoms with Gasteiger partial charge in [-0.3, -0.25) is 0 Å². The molecule has 2 rings (SSSR count). The Kier molecular flexibility index (Phi) is 4.57. The quantitative estimate of drug-likeness (QED) is 0.895. The van der Waals surface area contributed by atoms with Gasteiger partial charge in [-0.05, 0) is 31.7 Å². The first-order valence-corrected chi connectivity index (χ1v) is 8.59. The zero-order chi connectivity index (χ0) is 13.3. The Morgan fingerprint density at radius 2 is 1.89 bits per heavy atom. The molecule has 0 saturated heterocycles. The molecule has 18 heavy (non-hydrogen) atoms. The Bertz CT molecular complexity index is 521. The topological polar surface area (TPSA) is 66.4 Å². The first-order valence-electron chi connectivity index (χ1n) is 5.54. The third-order valence-electron chi connectivity index (χ3n) is 2.93.